The van der Waals surface area contributed by atoms with Crippen molar-refractivity contribution in [1.29, 1.82) is 0 Å². The molecule has 0 aliphatic heterocycles. The average molecular weight is 176 g/mol. The highest BCUT2D eigenvalue weighted by Crippen LogP contribution is 2.24. The first-order valence-corrected chi connectivity index (χ1v) is 3.45. The van der Waals surface area contributed by atoms with Gasteiger partial charge in [-0.2, -0.15) is 0 Å². The smallest absolute Gasteiger partial charge is 0.261 e. The van der Waals surface area contributed by atoms with Gasteiger partial charge in [0.1, 0.15) is 17.0 Å². The Hall–Kier alpha value is -0.970. The van der Waals surface area contributed by atoms with E-state index >= 15 is 0 Å². The van der Waals surface area contributed by atoms with Crippen molar-refractivity contribution in [2.75, 3.05) is 0 Å². The third-order valence-electron chi connectivity index (χ3n) is 1.63. The van der Waals surface area contributed by atoms with Gasteiger partial charge < -0.3 is 10.3 Å². The van der Waals surface area contributed by atoms with E-state index in [0.29, 0.717) is 5.76 Å². The van der Waals surface area contributed by atoms with Crippen molar-refractivity contribution in [3.63, 3.8) is 0 Å². The minimum absolute atomic E-state index is 0.0787. The fourth-order valence-electron chi connectivity index (χ4n) is 0.732. The molecular formula is C7H10F2N2O. The molecule has 1 atom stereocenters. The first kappa shape index (κ1) is 9.12. The molecule has 1 heterocycles. The van der Waals surface area contributed by atoms with Gasteiger partial charge in [-0.15, -0.1) is 0 Å². The maximum absolute atomic E-state index is 12.3. The third-order valence-corrected chi connectivity index (χ3v) is 1.63. The summed E-state index contributed by atoms with van der Waals surface area (Å²) in [5, 5.41) is 3.43. The fraction of sp³-hybridized carbons (Fsp3) is 0.571. The van der Waals surface area contributed by atoms with Gasteiger partial charge >= 0.3 is 0 Å². The van der Waals surface area contributed by atoms with Crippen molar-refractivity contribution < 1.29 is 13.3 Å². The van der Waals surface area contributed by atoms with Crippen LogP contribution in [0.3, 0.4) is 0 Å². The van der Waals surface area contributed by atoms with E-state index in [-0.39, 0.29) is 5.69 Å². The Labute approximate surface area is 68.5 Å². The van der Waals surface area contributed by atoms with Crippen LogP contribution in [0, 0.1) is 6.92 Å². The quantitative estimate of drug-likeness (QED) is 0.741. The first-order chi connectivity index (χ1) is 5.44. The van der Waals surface area contributed by atoms with Gasteiger partial charge in [-0.1, -0.05) is 5.16 Å². The van der Waals surface area contributed by atoms with Crippen LogP contribution in [0.5, 0.6) is 0 Å². The van der Waals surface area contributed by atoms with Crippen LogP contribution in [-0.2, 0) is 5.54 Å². The lowest BCUT2D eigenvalue weighted by Crippen LogP contribution is -2.40. The zero-order valence-electron chi connectivity index (χ0n) is 6.84. The number of alkyl halides is 2. The van der Waals surface area contributed by atoms with Crippen molar-refractivity contribution in [3.05, 3.63) is 17.5 Å². The third kappa shape index (κ3) is 1.45. The van der Waals surface area contributed by atoms with E-state index < -0.39 is 12.0 Å². The molecule has 0 saturated heterocycles. The van der Waals surface area contributed by atoms with Crippen LogP contribution < -0.4 is 5.73 Å². The second-order valence-corrected chi connectivity index (χ2v) is 2.91. The summed E-state index contributed by atoms with van der Waals surface area (Å²) in [5.74, 6) is 0.474. The minimum Gasteiger partial charge on any atom is -0.361 e. The molecule has 0 spiro atoms. The molecule has 1 aromatic heterocycles. The van der Waals surface area contributed by atoms with Crippen LogP contribution in [0.1, 0.15) is 18.4 Å². The van der Waals surface area contributed by atoms with Crippen LogP contribution in [0.2, 0.25) is 0 Å². The van der Waals surface area contributed by atoms with Gasteiger partial charge in [-0.05, 0) is 13.8 Å². The number of hydrogen-bond donors (Lipinski definition) is 1. The topological polar surface area (TPSA) is 52.0 Å². The molecule has 0 bridgehead atoms. The molecule has 0 amide bonds. The van der Waals surface area contributed by atoms with Crippen LogP contribution >= 0.6 is 0 Å². The van der Waals surface area contributed by atoms with Gasteiger partial charge in [0.2, 0.25) is 0 Å². The molecule has 68 valence electrons. The summed E-state index contributed by atoms with van der Waals surface area (Å²) < 4.78 is 29.2. The van der Waals surface area contributed by atoms with Crippen LogP contribution in [0.4, 0.5) is 8.78 Å². The Morgan fingerprint density at radius 3 is 2.58 bits per heavy atom. The molecule has 1 rings (SSSR count). The van der Waals surface area contributed by atoms with Gasteiger partial charge in [0.25, 0.3) is 6.43 Å². The number of aromatic nitrogens is 1. The highest BCUT2D eigenvalue weighted by molar-refractivity contribution is 5.14. The summed E-state index contributed by atoms with van der Waals surface area (Å²) in [4.78, 5) is 0. The lowest BCUT2D eigenvalue weighted by Gasteiger charge is -2.19. The summed E-state index contributed by atoms with van der Waals surface area (Å²) in [6, 6.07) is 1.41. The molecule has 12 heavy (non-hydrogen) atoms. The molecule has 0 radical (unpaired) electrons. The molecule has 2 N–H and O–H groups in total. The van der Waals surface area contributed by atoms with E-state index in [1.54, 1.807) is 6.92 Å². The number of hydrogen-bond acceptors (Lipinski definition) is 3. The molecule has 0 fully saturated rings. The number of nitrogens with two attached hydrogens (primary N) is 1. The molecule has 0 saturated carbocycles. The monoisotopic (exact) mass is 176 g/mol. The second kappa shape index (κ2) is 2.82. The van der Waals surface area contributed by atoms with Crippen molar-refractivity contribution in [1.82, 2.24) is 5.16 Å². The van der Waals surface area contributed by atoms with E-state index in [4.69, 9.17) is 5.73 Å². The Balaban J connectivity index is 2.97. The maximum Gasteiger partial charge on any atom is 0.261 e. The Morgan fingerprint density at radius 2 is 2.25 bits per heavy atom. The van der Waals surface area contributed by atoms with Gasteiger partial charge in [-0.25, -0.2) is 8.78 Å². The molecule has 0 aliphatic carbocycles. The van der Waals surface area contributed by atoms with E-state index in [0.717, 1.165) is 0 Å². The zero-order chi connectivity index (χ0) is 9.35. The van der Waals surface area contributed by atoms with Crippen molar-refractivity contribution in [2.45, 2.75) is 25.8 Å². The van der Waals surface area contributed by atoms with Gasteiger partial charge in [0.05, 0.1) is 0 Å². The summed E-state index contributed by atoms with van der Waals surface area (Å²) in [6.45, 7) is 2.84. The number of aryl methyl sites for hydroxylation is 1. The lowest BCUT2D eigenvalue weighted by molar-refractivity contribution is 0.0583. The van der Waals surface area contributed by atoms with Crippen LogP contribution in [0.25, 0.3) is 0 Å². The molecular weight excluding hydrogens is 166 g/mol. The van der Waals surface area contributed by atoms with E-state index in [2.05, 4.69) is 9.68 Å². The van der Waals surface area contributed by atoms with E-state index in [1.165, 1.54) is 13.0 Å². The first-order valence-electron chi connectivity index (χ1n) is 3.45. The molecule has 5 heteroatoms. The van der Waals surface area contributed by atoms with Gasteiger partial charge in [0, 0.05) is 6.07 Å². The summed E-state index contributed by atoms with van der Waals surface area (Å²) in [5.41, 5.74) is 3.68. The summed E-state index contributed by atoms with van der Waals surface area (Å²) >= 11 is 0. The zero-order valence-corrected chi connectivity index (χ0v) is 6.84. The average Bonchev–Trinajstić information content (AvgIpc) is 2.35. The molecule has 1 aromatic rings. The highest BCUT2D eigenvalue weighted by atomic mass is 19.3. The van der Waals surface area contributed by atoms with Crippen molar-refractivity contribution >= 4 is 0 Å². The SMILES string of the molecule is Cc1cc(C(C)(N)C(F)F)no1. The van der Waals surface area contributed by atoms with E-state index in [9.17, 15) is 8.78 Å². The normalized spacial score (nSPS) is 16.5. The second-order valence-electron chi connectivity index (χ2n) is 2.91. The van der Waals surface area contributed by atoms with Gasteiger partial charge in [0.15, 0.2) is 0 Å². The number of nitrogens with zero attached hydrogens (tertiary/aromatic N) is 1. The lowest BCUT2D eigenvalue weighted by atomic mass is 10.0. The van der Waals surface area contributed by atoms with Crippen LogP contribution in [-0.4, -0.2) is 11.6 Å². The highest BCUT2D eigenvalue weighted by Gasteiger charge is 2.35. The summed E-state index contributed by atoms with van der Waals surface area (Å²) in [6.07, 6.45) is -2.65. The standard InChI is InChI=1S/C7H10F2N2O/c1-4-3-5(11-12-4)7(2,10)6(8)9/h3,6H,10H2,1-2H3. The Morgan fingerprint density at radius 1 is 1.67 bits per heavy atom. The Kier molecular flexibility index (Phi) is 2.14. The minimum atomic E-state index is -2.65. The molecule has 3 nitrogen and oxygen atoms in total. The predicted molar refractivity (Wildman–Crippen MR) is 38.8 cm³/mol. The number of rotatable bonds is 2. The maximum atomic E-state index is 12.3. The van der Waals surface area contributed by atoms with E-state index in [1.807, 2.05) is 0 Å². The largest absolute Gasteiger partial charge is 0.361 e. The van der Waals surface area contributed by atoms with Crippen molar-refractivity contribution in [2.24, 2.45) is 5.73 Å². The summed E-state index contributed by atoms with van der Waals surface area (Å²) in [7, 11) is 0. The molecule has 0 aliphatic rings. The molecule has 1 unspecified atom stereocenters. The molecule has 0 aromatic carbocycles. The van der Waals surface area contributed by atoms with Gasteiger partial charge in [-0.3, -0.25) is 0 Å². The Bertz CT molecular complexity index is 270. The fourth-order valence-corrected chi connectivity index (χ4v) is 0.732. The predicted octanol–water partition coefficient (Wildman–Crippen LogP) is 1.42. The van der Waals surface area contributed by atoms with Crippen LogP contribution in [0.15, 0.2) is 10.6 Å². The van der Waals surface area contributed by atoms with Crippen molar-refractivity contribution in [3.8, 4) is 0 Å². The number of halogens is 2.